The molecule has 11 unspecified atom stereocenters. The van der Waals surface area contributed by atoms with Crippen LogP contribution in [-0.2, 0) is 5.41 Å². The van der Waals surface area contributed by atoms with Crippen molar-refractivity contribution < 1.29 is 0 Å². The molecule has 3 aliphatic heterocycles. The van der Waals surface area contributed by atoms with Gasteiger partial charge in [0.2, 0.25) is 0 Å². The van der Waals surface area contributed by atoms with Crippen LogP contribution in [0.5, 0.6) is 0 Å². The molecule has 11 atom stereocenters. The van der Waals surface area contributed by atoms with Crippen molar-refractivity contribution in [2.75, 3.05) is 0 Å². The lowest BCUT2D eigenvalue weighted by atomic mass is 9.52. The third kappa shape index (κ3) is 4.90. The van der Waals surface area contributed by atoms with Crippen LogP contribution in [0.15, 0.2) is 173 Å². The molecule has 7 aliphatic carbocycles. The van der Waals surface area contributed by atoms with Crippen LogP contribution in [0.3, 0.4) is 0 Å². The van der Waals surface area contributed by atoms with Gasteiger partial charge in [-0.05, 0) is 97.1 Å². The van der Waals surface area contributed by atoms with Gasteiger partial charge in [-0.3, -0.25) is 0 Å². The summed E-state index contributed by atoms with van der Waals surface area (Å²) in [5.41, 5.74) is 9.21. The summed E-state index contributed by atoms with van der Waals surface area (Å²) in [7, 11) is 0. The topological polar surface area (TPSA) is 3.24 Å². The number of hydrogen-bond donors (Lipinski definition) is 0. The molecule has 3 heterocycles. The van der Waals surface area contributed by atoms with Gasteiger partial charge in [-0.25, -0.2) is 0 Å². The van der Waals surface area contributed by atoms with Gasteiger partial charge in [0.25, 0.3) is 0 Å². The fraction of sp³-hybridized carbons (Fsp3) is 0.388. The van der Waals surface area contributed by atoms with Gasteiger partial charge in [-0.15, -0.1) is 23.5 Å². The smallest absolute Gasteiger partial charge is 0.0584 e. The first-order chi connectivity index (χ1) is 25.8. The minimum atomic E-state index is -0.0496. The van der Waals surface area contributed by atoms with Crippen LogP contribution in [0.4, 0.5) is 0 Å². The molecule has 52 heavy (non-hydrogen) atoms. The molecular formula is C49H49NS2. The van der Waals surface area contributed by atoms with Crippen molar-refractivity contribution in [3.63, 3.8) is 0 Å². The predicted molar refractivity (Wildman–Crippen MR) is 221 cm³/mol. The zero-order chi connectivity index (χ0) is 34.2. The van der Waals surface area contributed by atoms with Gasteiger partial charge in [0.1, 0.15) is 0 Å². The molecule has 1 aromatic rings. The number of benzene rings is 1. The van der Waals surface area contributed by atoms with Crippen LogP contribution in [-0.4, -0.2) is 32.7 Å². The highest BCUT2D eigenvalue weighted by Gasteiger charge is 2.61. The molecule has 11 rings (SSSR count). The van der Waals surface area contributed by atoms with Crippen LogP contribution in [0.2, 0.25) is 0 Å². The summed E-state index contributed by atoms with van der Waals surface area (Å²) in [5.74, 6) is 2.65. The van der Waals surface area contributed by atoms with Crippen molar-refractivity contribution in [3.8, 4) is 0 Å². The van der Waals surface area contributed by atoms with Gasteiger partial charge < -0.3 is 4.90 Å². The zero-order valence-corrected chi connectivity index (χ0v) is 31.6. The molecule has 1 fully saturated rings. The molecule has 0 radical (unpaired) electrons. The summed E-state index contributed by atoms with van der Waals surface area (Å²) >= 11 is 4.44. The molecule has 262 valence electrons. The van der Waals surface area contributed by atoms with Crippen LogP contribution >= 0.6 is 23.5 Å². The lowest BCUT2D eigenvalue weighted by Crippen LogP contribution is -2.58. The van der Waals surface area contributed by atoms with Gasteiger partial charge in [0.15, 0.2) is 0 Å². The van der Waals surface area contributed by atoms with Gasteiger partial charge in [0, 0.05) is 49.5 Å². The molecule has 0 saturated carbocycles. The Labute approximate surface area is 319 Å². The van der Waals surface area contributed by atoms with Crippen LogP contribution in [0, 0.1) is 29.6 Å². The average Bonchev–Trinajstić information content (AvgIpc) is 3.55. The minimum Gasteiger partial charge on any atom is -0.360 e. The van der Waals surface area contributed by atoms with Crippen LogP contribution < -0.4 is 0 Å². The molecule has 10 aliphatic rings. The fourth-order valence-electron chi connectivity index (χ4n) is 11.9. The lowest BCUT2D eigenvalue weighted by Gasteiger charge is -2.60. The van der Waals surface area contributed by atoms with Crippen molar-refractivity contribution >= 4 is 23.5 Å². The molecule has 0 N–H and O–H groups in total. The Balaban J connectivity index is 1.02. The van der Waals surface area contributed by atoms with E-state index in [2.05, 4.69) is 168 Å². The van der Waals surface area contributed by atoms with E-state index in [1.807, 2.05) is 0 Å². The van der Waals surface area contributed by atoms with Crippen molar-refractivity contribution in [2.24, 2.45) is 29.6 Å². The third-order valence-corrected chi connectivity index (χ3v) is 17.0. The Bertz CT molecular complexity index is 2040. The van der Waals surface area contributed by atoms with Gasteiger partial charge >= 0.3 is 0 Å². The molecule has 1 nitrogen and oxygen atoms in total. The van der Waals surface area contributed by atoms with Gasteiger partial charge in [0.05, 0.1) is 12.1 Å². The number of hydrogen-bond acceptors (Lipinski definition) is 3. The summed E-state index contributed by atoms with van der Waals surface area (Å²) in [4.78, 5) is 4.29. The van der Waals surface area contributed by atoms with Crippen molar-refractivity contribution in [3.05, 3.63) is 173 Å². The number of rotatable bonds is 3. The maximum atomic E-state index is 2.77. The second-order valence-corrected chi connectivity index (χ2v) is 19.3. The van der Waals surface area contributed by atoms with Gasteiger partial charge in [-0.1, -0.05) is 134 Å². The Morgan fingerprint density at radius 2 is 1.67 bits per heavy atom. The molecule has 0 bridgehead atoms. The monoisotopic (exact) mass is 715 g/mol. The highest BCUT2D eigenvalue weighted by atomic mass is 32.2. The Morgan fingerprint density at radius 1 is 0.750 bits per heavy atom. The normalized spacial score (nSPS) is 40.4. The number of allylic oxidation sites excluding steroid dienone is 17. The van der Waals surface area contributed by atoms with E-state index in [9.17, 15) is 0 Å². The van der Waals surface area contributed by atoms with Crippen molar-refractivity contribution in [2.45, 2.75) is 89.5 Å². The van der Waals surface area contributed by atoms with E-state index >= 15 is 0 Å². The standard InChI is InChI=1S/C49H49NS2/c1-3-13-32(14-4-1)35-23-26-41-48(31-35)52-47-28-25-34(30-42(47)49(41)39-18-8-11-21-45(39)51-46-22-12-9-19-40(46)49)33-24-27-44-38(29-33)37-17-7-10-20-43(37)50(44)36-15-5-2-6-16-36/h2-3,5-9,11-13,15,17-19,21,23-30,32,35-36,38,41-42,44,46-48H,1,4,10,14,16,20,22,31H2. The Kier molecular flexibility index (Phi) is 7.94. The number of fused-ring (bicyclic) bond motifs is 10. The zero-order valence-electron chi connectivity index (χ0n) is 30.0. The molecule has 0 amide bonds. The number of thioether (sulfide) groups is 2. The van der Waals surface area contributed by atoms with E-state index in [0.29, 0.717) is 57.4 Å². The Morgan fingerprint density at radius 3 is 2.60 bits per heavy atom. The summed E-state index contributed by atoms with van der Waals surface area (Å²) < 4.78 is 0. The van der Waals surface area contributed by atoms with E-state index in [-0.39, 0.29) is 5.41 Å². The first-order valence-corrected chi connectivity index (χ1v) is 22.0. The SMILES string of the molecule is C1=CCC2Sc3ccccc3C3(C2=C1)C1C=C(C2=CC4C5=C(CCC=C5)N(C5C=CC=CC5)C4C=C2)C=CC1SC1CC(C2C=CCCC2)C=CC13. The van der Waals surface area contributed by atoms with E-state index in [0.717, 1.165) is 25.7 Å². The molecule has 3 heteroatoms. The molecule has 1 saturated heterocycles. The second-order valence-electron chi connectivity index (χ2n) is 16.6. The van der Waals surface area contributed by atoms with Gasteiger partial charge in [-0.2, -0.15) is 0 Å². The van der Waals surface area contributed by atoms with E-state index in [4.69, 9.17) is 0 Å². The van der Waals surface area contributed by atoms with Crippen molar-refractivity contribution in [1.82, 2.24) is 4.90 Å². The summed E-state index contributed by atoms with van der Waals surface area (Å²) in [6.07, 6.45) is 57.3. The van der Waals surface area contributed by atoms with Crippen LogP contribution in [0.1, 0.15) is 56.9 Å². The maximum absolute atomic E-state index is 2.77. The van der Waals surface area contributed by atoms with E-state index in [1.165, 1.54) is 41.7 Å². The highest BCUT2D eigenvalue weighted by molar-refractivity contribution is 8.01. The molecule has 1 aromatic carbocycles. The first-order valence-electron chi connectivity index (χ1n) is 20.2. The fourth-order valence-corrected chi connectivity index (χ4v) is 15.2. The minimum absolute atomic E-state index is 0.0496. The quantitative estimate of drug-likeness (QED) is 0.287. The maximum Gasteiger partial charge on any atom is 0.0584 e. The second kappa shape index (κ2) is 12.9. The predicted octanol–water partition coefficient (Wildman–Crippen LogP) is 11.7. The van der Waals surface area contributed by atoms with Crippen LogP contribution in [0.25, 0.3) is 0 Å². The summed E-state index contributed by atoms with van der Waals surface area (Å²) in [6, 6.07) is 10.4. The van der Waals surface area contributed by atoms with E-state index in [1.54, 1.807) is 22.4 Å². The largest absolute Gasteiger partial charge is 0.360 e. The lowest BCUT2D eigenvalue weighted by molar-refractivity contribution is 0.224. The molecule has 1 spiro atoms. The van der Waals surface area contributed by atoms with Crippen molar-refractivity contribution in [1.29, 1.82) is 0 Å². The average molecular weight is 716 g/mol. The molecular weight excluding hydrogens is 667 g/mol. The Hall–Kier alpha value is -3.40. The third-order valence-electron chi connectivity index (χ3n) is 14.1. The summed E-state index contributed by atoms with van der Waals surface area (Å²) in [6.45, 7) is 0. The highest BCUT2D eigenvalue weighted by Crippen LogP contribution is 2.66. The first kappa shape index (κ1) is 32.1. The van der Waals surface area contributed by atoms with E-state index < -0.39 is 0 Å². The number of nitrogens with zero attached hydrogens (tertiary/aromatic N) is 1. The molecule has 0 aromatic heterocycles. The summed E-state index contributed by atoms with van der Waals surface area (Å²) in [5, 5.41) is 1.58.